The largest absolute Gasteiger partial charge is 0.329 e. The molecule has 2 aromatic heterocycles. The third-order valence-corrected chi connectivity index (χ3v) is 5.96. The average molecular weight is 339 g/mol. The first-order chi connectivity index (χ1) is 10.3. The fourth-order valence-corrected chi connectivity index (χ4v) is 4.03. The summed E-state index contributed by atoms with van der Waals surface area (Å²) in [5.41, 5.74) is 1.98. The van der Waals surface area contributed by atoms with Gasteiger partial charge in [-0.05, 0) is 34.6 Å². The standard InChI is InChI=1S/C15H22N4OS2/c1-8-7-21-14(16-8)10(3)18-15(20)19(6)11(4)13-9(2)17-12(5)22-13/h7,10-11H,1-6H3,(H,18,20)/t10-,11+/m0/s1. The van der Waals surface area contributed by atoms with Gasteiger partial charge in [-0.3, -0.25) is 0 Å². The van der Waals surface area contributed by atoms with Crippen molar-refractivity contribution in [2.75, 3.05) is 7.05 Å². The molecule has 2 rings (SSSR count). The number of hydrogen-bond donors (Lipinski definition) is 1. The number of hydrogen-bond acceptors (Lipinski definition) is 5. The van der Waals surface area contributed by atoms with Crippen molar-refractivity contribution in [1.29, 1.82) is 0 Å². The highest BCUT2D eigenvalue weighted by molar-refractivity contribution is 7.11. The zero-order valence-corrected chi connectivity index (χ0v) is 15.4. The molecule has 2 atom stereocenters. The van der Waals surface area contributed by atoms with Crippen molar-refractivity contribution in [1.82, 2.24) is 20.2 Å². The van der Waals surface area contributed by atoms with Gasteiger partial charge in [0, 0.05) is 23.0 Å². The van der Waals surface area contributed by atoms with Gasteiger partial charge in [0.05, 0.1) is 22.8 Å². The molecule has 0 aliphatic carbocycles. The monoisotopic (exact) mass is 338 g/mol. The number of rotatable bonds is 4. The van der Waals surface area contributed by atoms with E-state index in [0.717, 1.165) is 26.3 Å². The molecule has 0 fully saturated rings. The van der Waals surface area contributed by atoms with Crippen LogP contribution in [0.2, 0.25) is 0 Å². The van der Waals surface area contributed by atoms with Gasteiger partial charge in [0.1, 0.15) is 5.01 Å². The SMILES string of the molecule is Cc1csc([C@H](C)NC(=O)N(C)[C@H](C)c2sc(C)nc2C)n1. The van der Waals surface area contributed by atoms with E-state index in [2.05, 4.69) is 15.3 Å². The van der Waals surface area contributed by atoms with E-state index >= 15 is 0 Å². The number of thiazole rings is 2. The highest BCUT2D eigenvalue weighted by Gasteiger charge is 2.23. The molecule has 2 amide bonds. The summed E-state index contributed by atoms with van der Waals surface area (Å²) in [7, 11) is 1.81. The van der Waals surface area contributed by atoms with Crippen molar-refractivity contribution >= 4 is 28.7 Å². The second-order valence-corrected chi connectivity index (χ2v) is 7.59. The molecule has 0 aromatic carbocycles. The summed E-state index contributed by atoms with van der Waals surface area (Å²) < 4.78 is 0. The number of nitrogens with one attached hydrogen (secondary N) is 1. The lowest BCUT2D eigenvalue weighted by Gasteiger charge is -2.26. The van der Waals surface area contributed by atoms with E-state index in [1.165, 1.54) is 0 Å². The van der Waals surface area contributed by atoms with Crippen molar-refractivity contribution in [2.24, 2.45) is 0 Å². The molecular formula is C15H22N4OS2. The first-order valence-electron chi connectivity index (χ1n) is 7.19. The second-order valence-electron chi connectivity index (χ2n) is 5.47. The second kappa shape index (κ2) is 6.75. The van der Waals surface area contributed by atoms with E-state index < -0.39 is 0 Å². The van der Waals surface area contributed by atoms with Crippen LogP contribution in [0, 0.1) is 20.8 Å². The molecule has 1 N–H and O–H groups in total. The minimum atomic E-state index is -0.0988. The van der Waals surface area contributed by atoms with Crippen LogP contribution in [0.3, 0.4) is 0 Å². The van der Waals surface area contributed by atoms with Crippen LogP contribution in [-0.4, -0.2) is 27.9 Å². The van der Waals surface area contributed by atoms with Gasteiger partial charge < -0.3 is 10.2 Å². The number of urea groups is 1. The van der Waals surface area contributed by atoms with Gasteiger partial charge in [-0.1, -0.05) is 0 Å². The Morgan fingerprint density at radius 1 is 1.27 bits per heavy atom. The molecule has 0 saturated carbocycles. The smallest absolute Gasteiger partial charge is 0.318 e. The quantitative estimate of drug-likeness (QED) is 0.917. The van der Waals surface area contributed by atoms with Crippen LogP contribution in [0.15, 0.2) is 5.38 Å². The van der Waals surface area contributed by atoms with Gasteiger partial charge >= 0.3 is 6.03 Å². The predicted octanol–water partition coefficient (Wildman–Crippen LogP) is 3.99. The number of aryl methyl sites for hydroxylation is 3. The van der Waals surface area contributed by atoms with E-state index in [0.29, 0.717) is 0 Å². The first kappa shape index (κ1) is 16.9. The molecule has 120 valence electrons. The van der Waals surface area contributed by atoms with Crippen molar-refractivity contribution < 1.29 is 4.79 Å². The van der Waals surface area contributed by atoms with Crippen molar-refractivity contribution in [3.05, 3.63) is 31.7 Å². The molecule has 0 spiro atoms. The zero-order chi connectivity index (χ0) is 16.4. The summed E-state index contributed by atoms with van der Waals surface area (Å²) in [6.07, 6.45) is 0. The Labute approximate surface area is 139 Å². The maximum atomic E-state index is 12.4. The normalized spacial score (nSPS) is 13.7. The van der Waals surface area contributed by atoms with Crippen molar-refractivity contribution in [3.8, 4) is 0 Å². The number of carbonyl (C=O) groups excluding carboxylic acids is 1. The Bertz CT molecular complexity index is 664. The van der Waals surface area contributed by atoms with Gasteiger partial charge in [-0.15, -0.1) is 22.7 Å². The number of aromatic nitrogens is 2. The average Bonchev–Trinajstić information content (AvgIpc) is 3.02. The Hall–Kier alpha value is -1.47. The van der Waals surface area contributed by atoms with Gasteiger partial charge in [0.2, 0.25) is 0 Å². The molecule has 2 aromatic rings. The van der Waals surface area contributed by atoms with Crippen LogP contribution < -0.4 is 5.32 Å². The zero-order valence-electron chi connectivity index (χ0n) is 13.8. The molecule has 2 heterocycles. The molecule has 0 bridgehead atoms. The van der Waals surface area contributed by atoms with Crippen LogP contribution in [0.1, 0.15) is 52.2 Å². The molecule has 5 nitrogen and oxygen atoms in total. The van der Waals surface area contributed by atoms with Crippen LogP contribution in [0.4, 0.5) is 4.79 Å². The van der Waals surface area contributed by atoms with Crippen LogP contribution in [0.25, 0.3) is 0 Å². The highest BCUT2D eigenvalue weighted by Crippen LogP contribution is 2.28. The van der Waals surface area contributed by atoms with Crippen molar-refractivity contribution in [2.45, 2.75) is 46.7 Å². The fourth-order valence-electron chi connectivity index (χ4n) is 2.21. The molecule has 0 saturated heterocycles. The fraction of sp³-hybridized carbons (Fsp3) is 0.533. The summed E-state index contributed by atoms with van der Waals surface area (Å²) in [5.74, 6) is 0. The van der Waals surface area contributed by atoms with Crippen molar-refractivity contribution in [3.63, 3.8) is 0 Å². The maximum absolute atomic E-state index is 12.4. The van der Waals surface area contributed by atoms with Gasteiger partial charge in [-0.25, -0.2) is 14.8 Å². The summed E-state index contributed by atoms with van der Waals surface area (Å²) in [6.45, 7) is 9.91. The minimum Gasteiger partial charge on any atom is -0.329 e. The molecule has 0 radical (unpaired) electrons. The number of amides is 2. The molecule has 0 unspecified atom stereocenters. The molecule has 0 aliphatic heterocycles. The lowest BCUT2D eigenvalue weighted by molar-refractivity contribution is 0.191. The van der Waals surface area contributed by atoms with E-state index in [1.807, 2.05) is 47.0 Å². The van der Waals surface area contributed by atoms with Crippen LogP contribution >= 0.6 is 22.7 Å². The summed E-state index contributed by atoms with van der Waals surface area (Å²) >= 11 is 3.21. The van der Waals surface area contributed by atoms with E-state index in [9.17, 15) is 4.79 Å². The lowest BCUT2D eigenvalue weighted by atomic mass is 10.2. The summed E-state index contributed by atoms with van der Waals surface area (Å²) in [6, 6.07) is -0.195. The van der Waals surface area contributed by atoms with Gasteiger partial charge in [0.15, 0.2) is 0 Å². The van der Waals surface area contributed by atoms with Crippen LogP contribution in [0.5, 0.6) is 0 Å². The van der Waals surface area contributed by atoms with Crippen LogP contribution in [-0.2, 0) is 0 Å². The minimum absolute atomic E-state index is 0.00330. The molecule has 0 aliphatic rings. The third kappa shape index (κ3) is 3.64. The predicted molar refractivity (Wildman–Crippen MR) is 91.6 cm³/mol. The van der Waals surface area contributed by atoms with E-state index in [-0.39, 0.29) is 18.1 Å². The Morgan fingerprint density at radius 3 is 2.45 bits per heavy atom. The lowest BCUT2D eigenvalue weighted by Crippen LogP contribution is -2.39. The Morgan fingerprint density at radius 2 is 1.95 bits per heavy atom. The molecule has 7 heteroatoms. The van der Waals surface area contributed by atoms with E-state index in [1.54, 1.807) is 27.6 Å². The number of carbonyl (C=O) groups is 1. The highest BCUT2D eigenvalue weighted by atomic mass is 32.1. The third-order valence-electron chi connectivity index (χ3n) is 3.57. The maximum Gasteiger partial charge on any atom is 0.318 e. The molecule has 22 heavy (non-hydrogen) atoms. The van der Waals surface area contributed by atoms with Gasteiger partial charge in [0.25, 0.3) is 0 Å². The summed E-state index contributed by atoms with van der Waals surface area (Å²) in [4.78, 5) is 24.2. The molecular weight excluding hydrogens is 316 g/mol. The summed E-state index contributed by atoms with van der Waals surface area (Å²) in [5, 5.41) is 6.95. The first-order valence-corrected chi connectivity index (χ1v) is 8.88. The van der Waals surface area contributed by atoms with E-state index in [4.69, 9.17) is 0 Å². The number of nitrogens with zero attached hydrogens (tertiary/aromatic N) is 3. The van der Waals surface area contributed by atoms with Gasteiger partial charge in [-0.2, -0.15) is 0 Å². The topological polar surface area (TPSA) is 58.1 Å². The Kier molecular flexibility index (Phi) is 5.18. The Balaban J connectivity index is 2.04.